The van der Waals surface area contributed by atoms with Crippen molar-refractivity contribution in [3.8, 4) is 5.75 Å². The number of carbonyl (C=O) groups excluding carboxylic acids is 3. The molecule has 0 spiro atoms. The van der Waals surface area contributed by atoms with E-state index in [-0.39, 0.29) is 18.6 Å². The molecule has 0 fully saturated rings. The van der Waals surface area contributed by atoms with E-state index in [9.17, 15) is 34.5 Å². The van der Waals surface area contributed by atoms with Crippen molar-refractivity contribution in [1.82, 2.24) is 25.9 Å². The van der Waals surface area contributed by atoms with Gasteiger partial charge in [-0.2, -0.15) is 0 Å². The second kappa shape index (κ2) is 12.5. The van der Waals surface area contributed by atoms with Crippen molar-refractivity contribution in [2.75, 3.05) is 0 Å². The molecular weight excluding hydrogens is 460 g/mol. The molecule has 35 heavy (non-hydrogen) atoms. The Morgan fingerprint density at radius 1 is 0.971 bits per heavy atom. The summed E-state index contributed by atoms with van der Waals surface area (Å²) in [5, 5.41) is 36.2. The van der Waals surface area contributed by atoms with Gasteiger partial charge in [0.15, 0.2) is 0 Å². The maximum atomic E-state index is 13.0. The Morgan fingerprint density at radius 2 is 1.60 bits per heavy atom. The number of carboxylic acids is 1. The molecule has 13 heteroatoms. The summed E-state index contributed by atoms with van der Waals surface area (Å²) < 4.78 is 0. The monoisotopic (exact) mass is 490 g/mol. The Hall–Kier alpha value is -3.97. The number of H-pyrrole nitrogens is 1. The normalized spacial score (nSPS) is 15.2. The number of aliphatic hydroxyl groups excluding tert-OH is 1. The first-order valence-corrected chi connectivity index (χ1v) is 10.8. The Kier molecular flexibility index (Phi) is 9.73. The summed E-state index contributed by atoms with van der Waals surface area (Å²) in [4.78, 5) is 56.2. The molecule has 0 saturated heterocycles. The minimum absolute atomic E-state index is 0.00367. The van der Waals surface area contributed by atoms with Crippen molar-refractivity contribution in [3.05, 3.63) is 48.0 Å². The van der Waals surface area contributed by atoms with Crippen molar-refractivity contribution in [2.24, 2.45) is 5.73 Å². The Balaban J connectivity index is 2.17. The van der Waals surface area contributed by atoms with Gasteiger partial charge in [0.1, 0.15) is 23.9 Å². The Labute approximate surface area is 201 Å². The van der Waals surface area contributed by atoms with Gasteiger partial charge in [0.2, 0.25) is 17.7 Å². The van der Waals surface area contributed by atoms with E-state index in [2.05, 4.69) is 25.9 Å². The van der Waals surface area contributed by atoms with E-state index in [0.717, 1.165) is 0 Å². The molecule has 0 aliphatic heterocycles. The van der Waals surface area contributed by atoms with Crippen LogP contribution in [0.2, 0.25) is 0 Å². The second-order valence-corrected chi connectivity index (χ2v) is 8.13. The molecule has 5 unspecified atom stereocenters. The molecule has 0 aliphatic rings. The molecule has 3 amide bonds. The zero-order chi connectivity index (χ0) is 26.1. The van der Waals surface area contributed by atoms with Gasteiger partial charge < -0.3 is 42.0 Å². The van der Waals surface area contributed by atoms with Gasteiger partial charge in [0.05, 0.1) is 18.5 Å². The minimum Gasteiger partial charge on any atom is -0.508 e. The summed E-state index contributed by atoms with van der Waals surface area (Å²) >= 11 is 0. The van der Waals surface area contributed by atoms with E-state index in [4.69, 9.17) is 5.73 Å². The number of phenols is 1. The zero-order valence-electron chi connectivity index (χ0n) is 19.3. The fourth-order valence-electron chi connectivity index (χ4n) is 3.12. The predicted octanol–water partition coefficient (Wildman–Crippen LogP) is -1.83. The lowest BCUT2D eigenvalue weighted by molar-refractivity contribution is -0.143. The number of phenolic OH excluding ortho intramolecular Hbond substituents is 1. The number of carbonyl (C=O) groups is 4. The number of hydrogen-bond acceptors (Lipinski definition) is 8. The number of carboxylic acid groups (broad SMARTS) is 1. The van der Waals surface area contributed by atoms with Crippen LogP contribution in [0.3, 0.4) is 0 Å². The molecule has 1 aromatic carbocycles. The van der Waals surface area contributed by atoms with Crippen molar-refractivity contribution in [3.63, 3.8) is 0 Å². The molecule has 0 saturated carbocycles. The fourth-order valence-corrected chi connectivity index (χ4v) is 3.12. The molecule has 2 rings (SSSR count). The molecule has 5 atom stereocenters. The highest BCUT2D eigenvalue weighted by Gasteiger charge is 2.32. The van der Waals surface area contributed by atoms with Crippen LogP contribution in [0, 0.1) is 0 Å². The number of hydrogen-bond donors (Lipinski definition) is 8. The van der Waals surface area contributed by atoms with Gasteiger partial charge in [-0.25, -0.2) is 9.78 Å². The molecule has 9 N–H and O–H groups in total. The van der Waals surface area contributed by atoms with E-state index >= 15 is 0 Å². The van der Waals surface area contributed by atoms with E-state index in [1.807, 2.05) is 0 Å². The van der Waals surface area contributed by atoms with Crippen LogP contribution in [0.25, 0.3) is 0 Å². The third kappa shape index (κ3) is 8.39. The zero-order valence-corrected chi connectivity index (χ0v) is 19.3. The van der Waals surface area contributed by atoms with Crippen molar-refractivity contribution in [2.45, 2.75) is 57.0 Å². The first kappa shape index (κ1) is 27.3. The molecule has 0 radical (unpaired) electrons. The summed E-state index contributed by atoms with van der Waals surface area (Å²) in [7, 11) is 0. The van der Waals surface area contributed by atoms with Gasteiger partial charge in [-0.05, 0) is 31.5 Å². The number of nitrogens with two attached hydrogens (primary N) is 1. The molecule has 190 valence electrons. The third-order valence-electron chi connectivity index (χ3n) is 5.08. The largest absolute Gasteiger partial charge is 0.508 e. The fraction of sp³-hybridized carbons (Fsp3) is 0.409. The molecule has 0 bridgehead atoms. The average molecular weight is 491 g/mol. The van der Waals surface area contributed by atoms with Crippen LogP contribution in [0.1, 0.15) is 25.1 Å². The van der Waals surface area contributed by atoms with Crippen LogP contribution in [-0.2, 0) is 32.0 Å². The summed E-state index contributed by atoms with van der Waals surface area (Å²) in [6.07, 6.45) is 1.27. The molecule has 1 aromatic heterocycles. The van der Waals surface area contributed by atoms with Crippen LogP contribution in [0.5, 0.6) is 5.75 Å². The Morgan fingerprint density at radius 3 is 2.11 bits per heavy atom. The van der Waals surface area contributed by atoms with E-state index in [0.29, 0.717) is 11.3 Å². The molecule has 13 nitrogen and oxygen atoms in total. The standard InChI is InChI=1S/C22H30N6O7/c1-11(23)19(31)26-16(7-13-3-5-15(30)6-4-13)20(32)28-18(12(2)29)21(33)27-17(22(34)35)8-14-9-24-10-25-14/h3-6,9-12,16-18,29-30H,7-8,23H2,1-2H3,(H,24,25)(H,26,31)(H,27,33)(H,28,32)(H,34,35). The lowest BCUT2D eigenvalue weighted by Crippen LogP contribution is -2.60. The summed E-state index contributed by atoms with van der Waals surface area (Å²) in [6.45, 7) is 2.69. The lowest BCUT2D eigenvalue weighted by atomic mass is 10.0. The number of nitrogens with zero attached hydrogens (tertiary/aromatic N) is 1. The van der Waals surface area contributed by atoms with Crippen molar-refractivity contribution in [1.29, 1.82) is 0 Å². The number of amides is 3. The van der Waals surface area contributed by atoms with Gasteiger partial charge in [-0.3, -0.25) is 14.4 Å². The molecular formula is C22H30N6O7. The highest BCUT2D eigenvalue weighted by molar-refractivity contribution is 5.94. The van der Waals surface area contributed by atoms with Crippen LogP contribution >= 0.6 is 0 Å². The lowest BCUT2D eigenvalue weighted by Gasteiger charge is -2.26. The van der Waals surface area contributed by atoms with E-state index in [1.54, 1.807) is 12.1 Å². The highest BCUT2D eigenvalue weighted by atomic mass is 16.4. The molecule has 1 heterocycles. The highest BCUT2D eigenvalue weighted by Crippen LogP contribution is 2.12. The number of aromatic amines is 1. The quantitative estimate of drug-likeness (QED) is 0.167. The van der Waals surface area contributed by atoms with Gasteiger partial charge in [0.25, 0.3) is 0 Å². The number of nitrogens with one attached hydrogen (secondary N) is 4. The number of aliphatic carboxylic acids is 1. The maximum Gasteiger partial charge on any atom is 0.326 e. The number of imidazole rings is 1. The predicted molar refractivity (Wildman–Crippen MR) is 123 cm³/mol. The molecule has 2 aromatic rings. The van der Waals surface area contributed by atoms with Gasteiger partial charge in [-0.15, -0.1) is 0 Å². The topological polar surface area (TPSA) is 220 Å². The van der Waals surface area contributed by atoms with Crippen molar-refractivity contribution < 1.29 is 34.5 Å². The summed E-state index contributed by atoms with van der Waals surface area (Å²) in [5.74, 6) is -3.65. The van der Waals surface area contributed by atoms with E-state index in [1.165, 1.54) is 38.5 Å². The van der Waals surface area contributed by atoms with Crippen LogP contribution in [0.4, 0.5) is 0 Å². The first-order chi connectivity index (χ1) is 16.5. The number of aliphatic hydroxyl groups is 1. The van der Waals surface area contributed by atoms with Crippen LogP contribution < -0.4 is 21.7 Å². The summed E-state index contributed by atoms with van der Waals surface area (Å²) in [5.41, 5.74) is 6.65. The van der Waals surface area contributed by atoms with Gasteiger partial charge in [0, 0.05) is 24.7 Å². The minimum atomic E-state index is -1.51. The second-order valence-electron chi connectivity index (χ2n) is 8.13. The maximum absolute atomic E-state index is 13.0. The first-order valence-electron chi connectivity index (χ1n) is 10.8. The molecule has 0 aliphatic carbocycles. The van der Waals surface area contributed by atoms with Crippen LogP contribution in [0.15, 0.2) is 36.8 Å². The summed E-state index contributed by atoms with van der Waals surface area (Å²) in [6, 6.07) is 0.975. The smallest absolute Gasteiger partial charge is 0.326 e. The van der Waals surface area contributed by atoms with Gasteiger partial charge >= 0.3 is 5.97 Å². The number of benzene rings is 1. The van der Waals surface area contributed by atoms with Crippen LogP contribution in [-0.4, -0.2) is 79.2 Å². The average Bonchev–Trinajstić information content (AvgIpc) is 3.30. The number of aromatic nitrogens is 2. The SMILES string of the molecule is CC(N)C(=O)NC(Cc1ccc(O)cc1)C(=O)NC(C(=O)NC(Cc1cnc[nH]1)C(=O)O)C(C)O. The number of aromatic hydroxyl groups is 1. The van der Waals surface area contributed by atoms with E-state index < -0.39 is 54.0 Å². The van der Waals surface area contributed by atoms with Gasteiger partial charge in [-0.1, -0.05) is 12.1 Å². The van der Waals surface area contributed by atoms with Crippen molar-refractivity contribution >= 4 is 23.7 Å². The number of rotatable bonds is 12. The Bertz CT molecular complexity index is 1010. The third-order valence-corrected chi connectivity index (χ3v) is 5.08.